The number of hydrogen-bond donors (Lipinski definition) is 0. The molecule has 1 heterocycles. The van der Waals surface area contributed by atoms with Crippen LogP contribution in [0.25, 0.3) is 0 Å². The van der Waals surface area contributed by atoms with Crippen LogP contribution in [0.1, 0.15) is 22.8 Å². The molecule has 1 saturated heterocycles. The maximum atomic E-state index is 13.2. The summed E-state index contributed by atoms with van der Waals surface area (Å²) in [5, 5.41) is 11.1. The molecule has 0 unspecified atom stereocenters. The number of ether oxygens (including phenoxy) is 1. The Balaban J connectivity index is 1.95. The van der Waals surface area contributed by atoms with Gasteiger partial charge in [-0.15, -0.1) is 0 Å². The summed E-state index contributed by atoms with van der Waals surface area (Å²) < 4.78 is 46.3. The quantitative estimate of drug-likeness (QED) is 0.587. The monoisotopic (exact) mass is 394 g/mol. The summed E-state index contributed by atoms with van der Waals surface area (Å²) in [4.78, 5) is 10.5. The van der Waals surface area contributed by atoms with E-state index in [1.807, 2.05) is 0 Å². The maximum absolute atomic E-state index is 13.2. The zero-order chi connectivity index (χ0) is 19.8. The highest BCUT2D eigenvalue weighted by atomic mass is 32.2. The highest BCUT2D eigenvalue weighted by Crippen LogP contribution is 2.31. The normalized spacial score (nSPS) is 18.4. The van der Waals surface area contributed by atoms with E-state index in [1.54, 1.807) is 26.0 Å². The van der Waals surface area contributed by atoms with E-state index >= 15 is 0 Å². The summed E-state index contributed by atoms with van der Waals surface area (Å²) >= 11 is 0. The lowest BCUT2D eigenvalue weighted by molar-refractivity contribution is -0.385. The molecular formula is C18H19FN2O5S. The largest absolute Gasteiger partial charge is 0.371 e. The number of nitrogens with zero attached hydrogens (tertiary/aromatic N) is 2. The molecule has 7 nitrogen and oxygen atoms in total. The predicted octanol–water partition coefficient (Wildman–Crippen LogP) is 3.11. The summed E-state index contributed by atoms with van der Waals surface area (Å²) in [6.45, 7) is 3.64. The van der Waals surface area contributed by atoms with Crippen LogP contribution in [-0.2, 0) is 14.8 Å². The molecule has 144 valence electrons. The van der Waals surface area contributed by atoms with Crippen molar-refractivity contribution < 1.29 is 22.5 Å². The SMILES string of the molecule is Cc1cc([N+](=O)[O-])cc(S(=O)(=O)N2CCO[C@@H](c3ccc(F)cc3)C2)c1C. The van der Waals surface area contributed by atoms with Gasteiger partial charge in [-0.2, -0.15) is 4.31 Å². The van der Waals surface area contributed by atoms with Gasteiger partial charge in [-0.25, -0.2) is 12.8 Å². The van der Waals surface area contributed by atoms with Crippen molar-refractivity contribution in [3.63, 3.8) is 0 Å². The molecule has 9 heteroatoms. The van der Waals surface area contributed by atoms with Gasteiger partial charge in [0.05, 0.1) is 22.5 Å². The first kappa shape index (κ1) is 19.4. The van der Waals surface area contributed by atoms with Crippen LogP contribution in [0.3, 0.4) is 0 Å². The number of nitro benzene ring substituents is 1. The van der Waals surface area contributed by atoms with E-state index in [0.29, 0.717) is 16.7 Å². The van der Waals surface area contributed by atoms with Crippen molar-refractivity contribution in [2.75, 3.05) is 19.7 Å². The van der Waals surface area contributed by atoms with Gasteiger partial charge in [0.2, 0.25) is 10.0 Å². The standard InChI is InChI=1S/C18H19FN2O5S/c1-12-9-16(21(22)23)10-18(13(12)2)27(24,25)20-7-8-26-17(11-20)14-3-5-15(19)6-4-14/h3-6,9-10,17H,7-8,11H2,1-2H3/t17-/m1/s1. The Hall–Kier alpha value is -2.36. The van der Waals surface area contributed by atoms with Crippen molar-refractivity contribution in [1.29, 1.82) is 0 Å². The Morgan fingerprint density at radius 2 is 1.89 bits per heavy atom. The second-order valence-electron chi connectivity index (χ2n) is 6.42. The van der Waals surface area contributed by atoms with E-state index < -0.39 is 21.1 Å². The Kier molecular flexibility index (Phi) is 5.27. The summed E-state index contributed by atoms with van der Waals surface area (Å²) in [6, 6.07) is 8.15. The molecule has 0 aliphatic carbocycles. The summed E-state index contributed by atoms with van der Waals surface area (Å²) in [6.07, 6.45) is -0.533. The third kappa shape index (κ3) is 3.85. The fraction of sp³-hybridized carbons (Fsp3) is 0.333. The summed E-state index contributed by atoms with van der Waals surface area (Å²) in [5.41, 5.74) is 1.42. The van der Waals surface area contributed by atoms with Gasteiger partial charge in [0.15, 0.2) is 0 Å². The van der Waals surface area contributed by atoms with Gasteiger partial charge in [0.1, 0.15) is 5.82 Å². The number of non-ortho nitro benzene ring substituents is 1. The number of rotatable bonds is 4. The Labute approximate surface area is 156 Å². The second-order valence-corrected chi connectivity index (χ2v) is 8.32. The molecule has 1 aliphatic rings. The molecule has 0 radical (unpaired) electrons. The molecule has 2 aromatic carbocycles. The molecule has 0 N–H and O–H groups in total. The molecule has 0 amide bonds. The molecule has 1 atom stereocenters. The van der Waals surface area contributed by atoms with Crippen LogP contribution < -0.4 is 0 Å². The fourth-order valence-corrected chi connectivity index (χ4v) is 4.79. The number of benzene rings is 2. The van der Waals surface area contributed by atoms with E-state index in [9.17, 15) is 22.9 Å². The van der Waals surface area contributed by atoms with Crippen molar-refractivity contribution in [2.45, 2.75) is 24.8 Å². The molecule has 2 aromatic rings. The van der Waals surface area contributed by atoms with Gasteiger partial charge in [-0.3, -0.25) is 10.1 Å². The van der Waals surface area contributed by atoms with Gasteiger partial charge in [0.25, 0.3) is 5.69 Å². The highest BCUT2D eigenvalue weighted by molar-refractivity contribution is 7.89. The minimum Gasteiger partial charge on any atom is -0.371 e. The second kappa shape index (κ2) is 7.34. The lowest BCUT2D eigenvalue weighted by atomic mass is 10.1. The first-order valence-corrected chi connectivity index (χ1v) is 9.77. The van der Waals surface area contributed by atoms with Crippen LogP contribution in [0.15, 0.2) is 41.3 Å². The number of halogens is 1. The van der Waals surface area contributed by atoms with Crippen molar-refractivity contribution in [3.8, 4) is 0 Å². The molecule has 0 spiro atoms. The van der Waals surface area contributed by atoms with E-state index in [-0.39, 0.29) is 36.1 Å². The molecular weight excluding hydrogens is 375 g/mol. The lowest BCUT2D eigenvalue weighted by Crippen LogP contribution is -2.42. The smallest absolute Gasteiger partial charge is 0.271 e. The van der Waals surface area contributed by atoms with Crippen LogP contribution in [0.2, 0.25) is 0 Å². The topological polar surface area (TPSA) is 89.8 Å². The van der Waals surface area contributed by atoms with Crippen LogP contribution in [0.5, 0.6) is 0 Å². The van der Waals surface area contributed by atoms with Crippen molar-refractivity contribution in [1.82, 2.24) is 4.31 Å². The van der Waals surface area contributed by atoms with Gasteiger partial charge >= 0.3 is 0 Å². The Morgan fingerprint density at radius 3 is 2.52 bits per heavy atom. The van der Waals surface area contributed by atoms with Gasteiger partial charge in [0, 0.05) is 25.2 Å². The number of hydrogen-bond acceptors (Lipinski definition) is 5. The zero-order valence-electron chi connectivity index (χ0n) is 14.9. The Morgan fingerprint density at radius 1 is 1.22 bits per heavy atom. The molecule has 3 rings (SSSR count). The van der Waals surface area contributed by atoms with E-state index in [0.717, 1.165) is 6.07 Å². The minimum absolute atomic E-state index is 0.0507. The van der Waals surface area contributed by atoms with Crippen molar-refractivity contribution in [3.05, 3.63) is 69.0 Å². The first-order valence-electron chi connectivity index (χ1n) is 8.33. The average molecular weight is 394 g/mol. The van der Waals surface area contributed by atoms with Crippen LogP contribution in [0.4, 0.5) is 10.1 Å². The van der Waals surface area contributed by atoms with Gasteiger partial charge in [-0.1, -0.05) is 12.1 Å². The molecule has 1 fully saturated rings. The summed E-state index contributed by atoms with van der Waals surface area (Å²) in [7, 11) is -3.95. The van der Waals surface area contributed by atoms with E-state index in [4.69, 9.17) is 4.74 Å². The minimum atomic E-state index is -3.95. The van der Waals surface area contributed by atoms with Crippen LogP contribution in [-0.4, -0.2) is 37.3 Å². The van der Waals surface area contributed by atoms with Crippen LogP contribution >= 0.6 is 0 Å². The fourth-order valence-electron chi connectivity index (χ4n) is 3.04. The third-order valence-corrected chi connectivity index (χ3v) is 6.70. The van der Waals surface area contributed by atoms with Crippen molar-refractivity contribution >= 4 is 15.7 Å². The first-order chi connectivity index (χ1) is 12.7. The predicted molar refractivity (Wildman–Crippen MR) is 96.4 cm³/mol. The van der Waals surface area contributed by atoms with Gasteiger partial charge in [-0.05, 0) is 42.7 Å². The maximum Gasteiger partial charge on any atom is 0.271 e. The third-order valence-electron chi connectivity index (χ3n) is 4.70. The number of aryl methyl sites for hydroxylation is 1. The van der Waals surface area contributed by atoms with E-state index in [1.165, 1.54) is 22.5 Å². The number of morpholine rings is 1. The average Bonchev–Trinajstić information content (AvgIpc) is 2.64. The molecule has 1 aliphatic heterocycles. The van der Waals surface area contributed by atoms with Crippen LogP contribution in [0, 0.1) is 29.8 Å². The van der Waals surface area contributed by atoms with Crippen molar-refractivity contribution in [2.24, 2.45) is 0 Å². The Bertz CT molecular complexity index is 976. The van der Waals surface area contributed by atoms with E-state index in [2.05, 4.69) is 0 Å². The molecule has 27 heavy (non-hydrogen) atoms. The molecule has 0 bridgehead atoms. The number of nitro groups is 1. The number of sulfonamides is 1. The highest BCUT2D eigenvalue weighted by Gasteiger charge is 2.33. The molecule has 0 saturated carbocycles. The lowest BCUT2D eigenvalue weighted by Gasteiger charge is -2.32. The summed E-state index contributed by atoms with van der Waals surface area (Å²) in [5.74, 6) is -0.387. The molecule has 0 aromatic heterocycles. The van der Waals surface area contributed by atoms with Gasteiger partial charge < -0.3 is 4.74 Å². The zero-order valence-corrected chi connectivity index (χ0v) is 15.7.